The highest BCUT2D eigenvalue weighted by Crippen LogP contribution is 2.70. The molecule has 4 nitrogen and oxygen atoms in total. The van der Waals surface area contributed by atoms with Crippen LogP contribution in [0.2, 0.25) is 0 Å². The van der Waals surface area contributed by atoms with Crippen LogP contribution in [-0.2, 0) is 4.74 Å². The fourth-order valence-corrected chi connectivity index (χ4v) is 11.1. The number of carbonyl (C=O) groups excluding carboxylic acids is 1. The van der Waals surface area contributed by atoms with Crippen molar-refractivity contribution < 1.29 is 9.53 Å². The standard InChI is InChI=1S/C36H56N2O2/c1-22(2)9-8-10-23(3)28-12-13-29-27-11-14-31-34(4,5)32(40-33(39)24-19-25(37)21-26(38)20-24)16-18-36(31,7)30(27)15-17-35(28,29)6/h9,19-21,23,27-32H,8,10-18,37-38H2,1-7H3. The topological polar surface area (TPSA) is 78.3 Å². The molecule has 9 unspecified atom stereocenters. The second-order valence-electron chi connectivity index (χ2n) is 15.7. The highest BCUT2D eigenvalue weighted by Gasteiger charge is 2.63. The molecule has 0 radical (unpaired) electrons. The van der Waals surface area contributed by atoms with Crippen LogP contribution in [0.4, 0.5) is 11.4 Å². The number of nitrogen functional groups attached to an aromatic ring is 2. The zero-order valence-corrected chi connectivity index (χ0v) is 26.4. The third-order valence-electron chi connectivity index (χ3n) is 12.9. The first-order valence-electron chi connectivity index (χ1n) is 16.3. The van der Waals surface area contributed by atoms with Crippen LogP contribution in [0.1, 0.15) is 123 Å². The fourth-order valence-electron chi connectivity index (χ4n) is 11.1. The van der Waals surface area contributed by atoms with E-state index in [9.17, 15) is 4.79 Å². The zero-order valence-electron chi connectivity index (χ0n) is 26.4. The Kier molecular flexibility index (Phi) is 7.90. The first-order valence-corrected chi connectivity index (χ1v) is 16.3. The summed E-state index contributed by atoms with van der Waals surface area (Å²) in [5, 5.41) is 0. The molecule has 0 heterocycles. The van der Waals surface area contributed by atoms with Gasteiger partial charge in [0.15, 0.2) is 0 Å². The lowest BCUT2D eigenvalue weighted by Crippen LogP contribution is -2.59. The summed E-state index contributed by atoms with van der Waals surface area (Å²) >= 11 is 0. The lowest BCUT2D eigenvalue weighted by atomic mass is 9.41. The van der Waals surface area contributed by atoms with E-state index in [0.29, 0.717) is 33.7 Å². The Bertz CT molecular complexity index is 1120. The van der Waals surface area contributed by atoms with Crippen LogP contribution in [0, 0.1) is 51.8 Å². The number of esters is 1. The van der Waals surface area contributed by atoms with Gasteiger partial charge in [-0.3, -0.25) is 0 Å². The molecular weight excluding hydrogens is 492 g/mol. The van der Waals surface area contributed by atoms with Crippen LogP contribution < -0.4 is 11.5 Å². The summed E-state index contributed by atoms with van der Waals surface area (Å²) in [7, 11) is 0. The number of nitrogens with two attached hydrogens (primary N) is 2. The molecular formula is C36H56N2O2. The van der Waals surface area contributed by atoms with Crippen molar-refractivity contribution in [2.45, 2.75) is 119 Å². The molecule has 9 atom stereocenters. The summed E-state index contributed by atoms with van der Waals surface area (Å²) in [5.41, 5.74) is 15.6. The molecule has 5 rings (SSSR count). The monoisotopic (exact) mass is 548 g/mol. The number of allylic oxidation sites excluding steroid dienone is 2. The number of anilines is 2. The third-order valence-corrected chi connectivity index (χ3v) is 12.9. The molecule has 4 fully saturated rings. The van der Waals surface area contributed by atoms with Crippen LogP contribution >= 0.6 is 0 Å². The Balaban J connectivity index is 1.30. The highest BCUT2D eigenvalue weighted by molar-refractivity contribution is 5.91. The Morgan fingerprint density at radius 3 is 2.25 bits per heavy atom. The summed E-state index contributed by atoms with van der Waals surface area (Å²) in [5.74, 6) is 4.51. The number of rotatable bonds is 6. The van der Waals surface area contributed by atoms with Gasteiger partial charge in [0.05, 0.1) is 5.56 Å². The molecule has 4 heteroatoms. The van der Waals surface area contributed by atoms with E-state index < -0.39 is 0 Å². The number of ether oxygens (including phenoxy) is 1. The van der Waals surface area contributed by atoms with Gasteiger partial charge in [-0.1, -0.05) is 46.3 Å². The Hall–Kier alpha value is -1.97. The minimum Gasteiger partial charge on any atom is -0.458 e. The van der Waals surface area contributed by atoms with Gasteiger partial charge in [-0.05, 0) is 143 Å². The number of hydrogen-bond donors (Lipinski definition) is 2. The van der Waals surface area contributed by atoms with Gasteiger partial charge >= 0.3 is 5.97 Å². The van der Waals surface area contributed by atoms with E-state index in [1.807, 2.05) is 0 Å². The Morgan fingerprint density at radius 1 is 0.925 bits per heavy atom. The van der Waals surface area contributed by atoms with Crippen molar-refractivity contribution in [2.75, 3.05) is 11.5 Å². The van der Waals surface area contributed by atoms with Gasteiger partial charge < -0.3 is 16.2 Å². The van der Waals surface area contributed by atoms with Crippen molar-refractivity contribution >= 4 is 17.3 Å². The average molecular weight is 549 g/mol. The molecule has 4 aliphatic carbocycles. The first-order chi connectivity index (χ1) is 18.8. The zero-order chi connectivity index (χ0) is 29.0. The van der Waals surface area contributed by atoms with Crippen LogP contribution in [0.5, 0.6) is 0 Å². The van der Waals surface area contributed by atoms with Crippen molar-refractivity contribution in [1.82, 2.24) is 0 Å². The number of fused-ring (bicyclic) bond motifs is 5. The van der Waals surface area contributed by atoms with Crippen molar-refractivity contribution in [1.29, 1.82) is 0 Å². The largest absolute Gasteiger partial charge is 0.458 e. The van der Waals surface area contributed by atoms with E-state index in [4.69, 9.17) is 16.2 Å². The molecule has 4 N–H and O–H groups in total. The van der Waals surface area contributed by atoms with Gasteiger partial charge in [0.1, 0.15) is 6.10 Å². The molecule has 222 valence electrons. The predicted molar refractivity (Wildman–Crippen MR) is 167 cm³/mol. The summed E-state index contributed by atoms with van der Waals surface area (Å²) in [4.78, 5) is 13.2. The fraction of sp³-hybridized carbons (Fsp3) is 0.750. The number of carbonyl (C=O) groups is 1. The van der Waals surface area contributed by atoms with Crippen molar-refractivity contribution in [3.8, 4) is 0 Å². The normalized spacial score (nSPS) is 38.9. The summed E-state index contributed by atoms with van der Waals surface area (Å²) < 4.78 is 6.25. The summed E-state index contributed by atoms with van der Waals surface area (Å²) in [6.07, 6.45) is 15.3. The van der Waals surface area contributed by atoms with Gasteiger partial charge in [0.25, 0.3) is 0 Å². The van der Waals surface area contributed by atoms with E-state index in [2.05, 4.69) is 54.5 Å². The molecule has 0 saturated heterocycles. The Morgan fingerprint density at radius 2 is 1.57 bits per heavy atom. The second-order valence-corrected chi connectivity index (χ2v) is 15.7. The molecule has 1 aromatic rings. The molecule has 0 aromatic heterocycles. The van der Waals surface area contributed by atoms with E-state index in [1.165, 1.54) is 56.9 Å². The quantitative estimate of drug-likeness (QED) is 0.211. The van der Waals surface area contributed by atoms with E-state index in [0.717, 1.165) is 42.4 Å². The maximum atomic E-state index is 13.2. The van der Waals surface area contributed by atoms with Gasteiger partial charge in [-0.15, -0.1) is 0 Å². The van der Waals surface area contributed by atoms with Crippen molar-refractivity contribution in [2.24, 2.45) is 51.8 Å². The lowest BCUT2D eigenvalue weighted by Gasteiger charge is -2.65. The van der Waals surface area contributed by atoms with Gasteiger partial charge in [0.2, 0.25) is 0 Å². The summed E-state index contributed by atoms with van der Waals surface area (Å²) in [6, 6.07) is 5.04. The molecule has 0 aliphatic heterocycles. The summed E-state index contributed by atoms with van der Waals surface area (Å²) in [6.45, 7) is 17.0. The minimum absolute atomic E-state index is 0.0576. The predicted octanol–water partition coefficient (Wildman–Crippen LogP) is 9.05. The minimum atomic E-state index is -0.293. The highest BCUT2D eigenvalue weighted by atomic mass is 16.5. The lowest BCUT2D eigenvalue weighted by molar-refractivity contribution is -0.180. The number of benzene rings is 1. The van der Waals surface area contributed by atoms with Gasteiger partial charge in [-0.25, -0.2) is 4.79 Å². The number of hydrogen-bond acceptors (Lipinski definition) is 4. The first kappa shape index (κ1) is 29.5. The van der Waals surface area contributed by atoms with E-state index in [-0.39, 0.29) is 17.5 Å². The maximum Gasteiger partial charge on any atom is 0.338 e. The van der Waals surface area contributed by atoms with Crippen LogP contribution in [0.15, 0.2) is 29.8 Å². The molecule has 40 heavy (non-hydrogen) atoms. The molecule has 0 bridgehead atoms. The van der Waals surface area contributed by atoms with Gasteiger partial charge in [0, 0.05) is 16.8 Å². The SMILES string of the molecule is CC(C)=CCCC(C)C1CCC2C3CCC4C(C)(C)C(OC(=O)c5cc(N)cc(N)c5)CCC4(C)C3CCC12C. The smallest absolute Gasteiger partial charge is 0.338 e. The molecule has 1 aromatic carbocycles. The molecule has 0 amide bonds. The van der Waals surface area contributed by atoms with Crippen LogP contribution in [0.25, 0.3) is 0 Å². The van der Waals surface area contributed by atoms with Crippen LogP contribution in [-0.4, -0.2) is 12.1 Å². The molecule has 4 aliphatic rings. The van der Waals surface area contributed by atoms with Crippen molar-refractivity contribution in [3.05, 3.63) is 35.4 Å². The van der Waals surface area contributed by atoms with E-state index in [1.54, 1.807) is 18.2 Å². The van der Waals surface area contributed by atoms with Crippen molar-refractivity contribution in [3.63, 3.8) is 0 Å². The van der Waals surface area contributed by atoms with E-state index >= 15 is 0 Å². The maximum absolute atomic E-state index is 13.2. The average Bonchev–Trinajstić information content (AvgIpc) is 3.22. The van der Waals surface area contributed by atoms with Gasteiger partial charge in [-0.2, -0.15) is 0 Å². The third kappa shape index (κ3) is 5.00. The van der Waals surface area contributed by atoms with Crippen LogP contribution in [0.3, 0.4) is 0 Å². The Labute approximate surface area is 244 Å². The molecule has 4 saturated carbocycles. The second kappa shape index (κ2) is 10.7. The molecule has 0 spiro atoms.